The van der Waals surface area contributed by atoms with Crippen LogP contribution in [0.25, 0.3) is 0 Å². The van der Waals surface area contributed by atoms with Crippen LogP contribution < -0.4 is 4.90 Å². The standard InChI is InChI=1S/C13H14F3N3O5/c1-7-5-17(6-8(2)24-7)12-10(18(20)21)3-9(13(14,15)16)4-11(12)19(22)23/h3-4,7-8H,5-6H2,1-2H3/t7-,8-/m0/s1. The summed E-state index contributed by atoms with van der Waals surface area (Å²) in [5.74, 6) is 0. The smallest absolute Gasteiger partial charge is 0.372 e. The Morgan fingerprint density at radius 2 is 1.50 bits per heavy atom. The molecule has 0 radical (unpaired) electrons. The summed E-state index contributed by atoms with van der Waals surface area (Å²) in [5, 5.41) is 22.5. The predicted octanol–water partition coefficient (Wildman–Crippen LogP) is 3.14. The molecule has 1 saturated heterocycles. The maximum atomic E-state index is 12.9. The summed E-state index contributed by atoms with van der Waals surface area (Å²) in [6.07, 6.45) is -5.69. The van der Waals surface area contributed by atoms with E-state index in [0.717, 1.165) is 0 Å². The van der Waals surface area contributed by atoms with E-state index in [1.54, 1.807) is 13.8 Å². The van der Waals surface area contributed by atoms with E-state index in [9.17, 15) is 33.4 Å². The molecular formula is C13H14F3N3O5. The van der Waals surface area contributed by atoms with Crippen LogP contribution in [0.4, 0.5) is 30.2 Å². The Morgan fingerprint density at radius 3 is 1.83 bits per heavy atom. The van der Waals surface area contributed by atoms with Gasteiger partial charge in [-0.3, -0.25) is 20.2 Å². The number of nitro benzene ring substituents is 2. The fourth-order valence-electron chi connectivity index (χ4n) is 2.73. The minimum absolute atomic E-state index is 0.0946. The molecule has 1 fully saturated rings. The van der Waals surface area contributed by atoms with Gasteiger partial charge in [0.1, 0.15) is 0 Å². The van der Waals surface area contributed by atoms with E-state index in [4.69, 9.17) is 4.74 Å². The molecule has 2 atom stereocenters. The van der Waals surface area contributed by atoms with Gasteiger partial charge < -0.3 is 9.64 Å². The van der Waals surface area contributed by atoms with E-state index in [0.29, 0.717) is 12.1 Å². The Hall–Kier alpha value is -2.43. The first-order valence-electron chi connectivity index (χ1n) is 6.95. The van der Waals surface area contributed by atoms with Crippen molar-refractivity contribution in [3.63, 3.8) is 0 Å². The molecule has 1 aromatic carbocycles. The van der Waals surface area contributed by atoms with Crippen molar-refractivity contribution in [2.24, 2.45) is 0 Å². The molecule has 0 bridgehead atoms. The third kappa shape index (κ3) is 3.55. The largest absolute Gasteiger partial charge is 0.416 e. The van der Waals surface area contributed by atoms with Crippen LogP contribution in [-0.4, -0.2) is 35.1 Å². The van der Waals surface area contributed by atoms with E-state index in [2.05, 4.69) is 0 Å². The molecule has 1 heterocycles. The first-order chi connectivity index (χ1) is 11.0. The summed E-state index contributed by atoms with van der Waals surface area (Å²) in [5.41, 5.74) is -3.75. The van der Waals surface area contributed by atoms with Crippen molar-refractivity contribution in [3.8, 4) is 0 Å². The van der Waals surface area contributed by atoms with Crippen molar-refractivity contribution in [2.45, 2.75) is 32.2 Å². The minimum atomic E-state index is -4.93. The number of alkyl halides is 3. The normalized spacial score (nSPS) is 21.6. The van der Waals surface area contributed by atoms with Crippen LogP contribution in [0.3, 0.4) is 0 Å². The highest BCUT2D eigenvalue weighted by atomic mass is 19.4. The first kappa shape index (κ1) is 17.9. The van der Waals surface area contributed by atoms with Gasteiger partial charge in [0.15, 0.2) is 5.69 Å². The maximum Gasteiger partial charge on any atom is 0.416 e. The van der Waals surface area contributed by atoms with Gasteiger partial charge in [-0.2, -0.15) is 13.2 Å². The quantitative estimate of drug-likeness (QED) is 0.614. The summed E-state index contributed by atoms with van der Waals surface area (Å²) in [7, 11) is 0. The molecule has 1 aromatic rings. The highest BCUT2D eigenvalue weighted by Crippen LogP contribution is 2.43. The number of nitro groups is 2. The van der Waals surface area contributed by atoms with Gasteiger partial charge in [-0.05, 0) is 13.8 Å². The Kier molecular flexibility index (Phi) is 4.65. The van der Waals surface area contributed by atoms with Crippen molar-refractivity contribution >= 4 is 17.1 Å². The second kappa shape index (κ2) is 6.23. The molecule has 0 aromatic heterocycles. The van der Waals surface area contributed by atoms with Crippen molar-refractivity contribution in [1.29, 1.82) is 0 Å². The summed E-state index contributed by atoms with van der Waals surface area (Å²) < 4.78 is 44.1. The third-order valence-corrected chi connectivity index (χ3v) is 3.53. The monoisotopic (exact) mass is 349 g/mol. The van der Waals surface area contributed by atoms with Crippen LogP contribution in [-0.2, 0) is 10.9 Å². The number of anilines is 1. The summed E-state index contributed by atoms with van der Waals surface area (Å²) >= 11 is 0. The number of halogens is 3. The molecule has 0 amide bonds. The Balaban J connectivity index is 2.68. The molecule has 24 heavy (non-hydrogen) atoms. The molecule has 0 saturated carbocycles. The first-order valence-corrected chi connectivity index (χ1v) is 6.95. The number of rotatable bonds is 3. The van der Waals surface area contributed by atoms with Gasteiger partial charge in [0.25, 0.3) is 11.4 Å². The fraction of sp³-hybridized carbons (Fsp3) is 0.538. The fourth-order valence-corrected chi connectivity index (χ4v) is 2.73. The molecule has 8 nitrogen and oxygen atoms in total. The number of ether oxygens (including phenoxy) is 1. The third-order valence-electron chi connectivity index (χ3n) is 3.53. The van der Waals surface area contributed by atoms with Gasteiger partial charge in [-0.25, -0.2) is 0 Å². The lowest BCUT2D eigenvalue weighted by Crippen LogP contribution is -2.46. The van der Waals surface area contributed by atoms with Gasteiger partial charge in [0.2, 0.25) is 0 Å². The molecule has 0 N–H and O–H groups in total. The lowest BCUT2D eigenvalue weighted by atomic mass is 10.1. The number of morpholine rings is 1. The van der Waals surface area contributed by atoms with Gasteiger partial charge in [-0.1, -0.05) is 0 Å². The average molecular weight is 349 g/mol. The van der Waals surface area contributed by atoms with Gasteiger partial charge in [-0.15, -0.1) is 0 Å². The maximum absolute atomic E-state index is 12.9. The Bertz CT molecular complexity index is 634. The molecule has 1 aliphatic heterocycles. The number of hydrogen-bond acceptors (Lipinski definition) is 6. The van der Waals surface area contributed by atoms with Crippen molar-refractivity contribution in [2.75, 3.05) is 18.0 Å². The lowest BCUT2D eigenvalue weighted by Gasteiger charge is -2.36. The van der Waals surface area contributed by atoms with Gasteiger partial charge >= 0.3 is 6.18 Å². The van der Waals surface area contributed by atoms with E-state index in [1.807, 2.05) is 0 Å². The average Bonchev–Trinajstić information content (AvgIpc) is 2.43. The Labute approximate surface area is 134 Å². The van der Waals surface area contributed by atoms with Crippen LogP contribution >= 0.6 is 0 Å². The van der Waals surface area contributed by atoms with Gasteiger partial charge in [0.05, 0.1) is 27.6 Å². The second-order valence-corrected chi connectivity index (χ2v) is 5.54. The summed E-state index contributed by atoms with van der Waals surface area (Å²) in [6.45, 7) is 3.53. The number of nitrogens with zero attached hydrogens (tertiary/aromatic N) is 3. The number of benzene rings is 1. The molecular weight excluding hydrogens is 335 g/mol. The van der Waals surface area contributed by atoms with Crippen molar-refractivity contribution < 1.29 is 27.8 Å². The van der Waals surface area contributed by atoms with E-state index >= 15 is 0 Å². The van der Waals surface area contributed by atoms with E-state index in [-0.39, 0.29) is 25.3 Å². The minimum Gasteiger partial charge on any atom is -0.372 e. The molecule has 0 spiro atoms. The SMILES string of the molecule is C[C@H]1CN(c2c([N+](=O)[O-])cc(C(F)(F)F)cc2[N+](=O)[O-])C[C@H](C)O1. The van der Waals surface area contributed by atoms with Crippen LogP contribution in [0.5, 0.6) is 0 Å². The molecule has 0 unspecified atom stereocenters. The van der Waals surface area contributed by atoms with Crippen LogP contribution in [0.15, 0.2) is 12.1 Å². The zero-order valence-corrected chi connectivity index (χ0v) is 12.7. The van der Waals surface area contributed by atoms with Crippen molar-refractivity contribution in [3.05, 3.63) is 37.9 Å². The molecule has 132 valence electrons. The molecule has 0 aliphatic carbocycles. The van der Waals surface area contributed by atoms with E-state index < -0.39 is 38.6 Å². The van der Waals surface area contributed by atoms with Crippen LogP contribution in [0, 0.1) is 20.2 Å². The molecule has 11 heteroatoms. The van der Waals surface area contributed by atoms with E-state index in [1.165, 1.54) is 4.90 Å². The predicted molar refractivity (Wildman–Crippen MR) is 77.0 cm³/mol. The summed E-state index contributed by atoms with van der Waals surface area (Å²) in [6, 6.07) is 0.653. The molecule has 2 rings (SSSR count). The topological polar surface area (TPSA) is 98.8 Å². The summed E-state index contributed by atoms with van der Waals surface area (Å²) in [4.78, 5) is 21.7. The second-order valence-electron chi connectivity index (χ2n) is 5.54. The zero-order chi connectivity index (χ0) is 18.2. The van der Waals surface area contributed by atoms with Crippen LogP contribution in [0.2, 0.25) is 0 Å². The lowest BCUT2D eigenvalue weighted by molar-refractivity contribution is -0.393. The highest BCUT2D eigenvalue weighted by Gasteiger charge is 2.40. The Morgan fingerprint density at radius 1 is 1.08 bits per heavy atom. The highest BCUT2D eigenvalue weighted by molar-refractivity contribution is 5.76. The van der Waals surface area contributed by atoms with Crippen LogP contribution in [0.1, 0.15) is 19.4 Å². The zero-order valence-electron chi connectivity index (χ0n) is 12.7. The molecule has 1 aliphatic rings. The number of hydrogen-bond donors (Lipinski definition) is 0. The van der Waals surface area contributed by atoms with Crippen molar-refractivity contribution in [1.82, 2.24) is 0 Å². The van der Waals surface area contributed by atoms with Gasteiger partial charge in [0, 0.05) is 25.2 Å².